The van der Waals surface area contributed by atoms with E-state index in [0.717, 1.165) is 34.3 Å². The largest absolute Gasteiger partial charge is 0.459 e. The molecule has 0 saturated heterocycles. The molecule has 0 aliphatic heterocycles. The Kier molecular flexibility index (Phi) is 9.16. The van der Waals surface area contributed by atoms with Crippen LogP contribution >= 0.6 is 24.0 Å². The van der Waals surface area contributed by atoms with Gasteiger partial charge in [-0.2, -0.15) is 0 Å². The molecule has 6 nitrogen and oxygen atoms in total. The Labute approximate surface area is 194 Å². The number of amides is 1. The smallest absolute Gasteiger partial charge is 0.251 e. The Morgan fingerprint density at radius 3 is 2.53 bits per heavy atom. The first-order chi connectivity index (χ1) is 14.1. The lowest BCUT2D eigenvalue weighted by Gasteiger charge is -2.12. The van der Waals surface area contributed by atoms with Crippen LogP contribution in [0.2, 0.25) is 0 Å². The Balaban J connectivity index is 0.00000320. The zero-order valence-electron chi connectivity index (χ0n) is 17.6. The van der Waals surface area contributed by atoms with Crippen molar-refractivity contribution in [3.05, 3.63) is 71.0 Å². The number of rotatable bonds is 7. The minimum absolute atomic E-state index is 0. The summed E-state index contributed by atoms with van der Waals surface area (Å²) >= 11 is 0. The maximum Gasteiger partial charge on any atom is 0.251 e. The number of para-hydroxylation sites is 1. The average Bonchev–Trinajstić information content (AvgIpc) is 3.08. The topological polar surface area (TPSA) is 78.7 Å². The van der Waals surface area contributed by atoms with Gasteiger partial charge in [0, 0.05) is 36.7 Å². The van der Waals surface area contributed by atoms with Gasteiger partial charge in [-0.05, 0) is 37.1 Å². The third-order valence-corrected chi connectivity index (χ3v) is 4.77. The zero-order chi connectivity index (χ0) is 20.6. The van der Waals surface area contributed by atoms with Gasteiger partial charge < -0.3 is 20.4 Å². The molecular weight excluding hydrogens is 491 g/mol. The summed E-state index contributed by atoms with van der Waals surface area (Å²) in [4.78, 5) is 16.4. The van der Waals surface area contributed by atoms with Crippen molar-refractivity contribution in [1.82, 2.24) is 16.0 Å². The molecule has 0 aliphatic carbocycles. The summed E-state index contributed by atoms with van der Waals surface area (Å²) in [6, 6.07) is 15.6. The predicted octanol–water partition coefficient (Wildman–Crippen LogP) is 4.36. The summed E-state index contributed by atoms with van der Waals surface area (Å²) in [6.07, 6.45) is 0.916. The minimum atomic E-state index is -0.0448. The first-order valence-electron chi connectivity index (χ1n) is 9.91. The highest BCUT2D eigenvalue weighted by Crippen LogP contribution is 2.24. The van der Waals surface area contributed by atoms with E-state index >= 15 is 0 Å². The molecule has 160 valence electrons. The molecule has 0 saturated carbocycles. The van der Waals surface area contributed by atoms with Crippen LogP contribution in [0, 0.1) is 6.92 Å². The molecule has 3 rings (SSSR count). The fourth-order valence-electron chi connectivity index (χ4n) is 3.13. The second-order valence-electron chi connectivity index (χ2n) is 6.88. The van der Waals surface area contributed by atoms with Crippen LogP contribution < -0.4 is 16.0 Å². The molecule has 0 aliphatic rings. The first-order valence-corrected chi connectivity index (χ1v) is 9.91. The van der Waals surface area contributed by atoms with E-state index in [2.05, 4.69) is 33.9 Å². The average molecular weight is 520 g/mol. The highest BCUT2D eigenvalue weighted by molar-refractivity contribution is 14.0. The van der Waals surface area contributed by atoms with Crippen molar-refractivity contribution in [2.24, 2.45) is 4.99 Å². The van der Waals surface area contributed by atoms with Crippen LogP contribution in [0.5, 0.6) is 0 Å². The third-order valence-electron chi connectivity index (χ3n) is 4.77. The van der Waals surface area contributed by atoms with Crippen LogP contribution in [0.3, 0.4) is 0 Å². The van der Waals surface area contributed by atoms with Gasteiger partial charge >= 0.3 is 0 Å². The molecule has 0 bridgehead atoms. The van der Waals surface area contributed by atoms with E-state index in [1.807, 2.05) is 49.4 Å². The number of hydrogen-bond acceptors (Lipinski definition) is 3. The highest BCUT2D eigenvalue weighted by atomic mass is 127. The molecule has 3 N–H and O–H groups in total. The summed E-state index contributed by atoms with van der Waals surface area (Å²) < 4.78 is 5.94. The molecule has 1 aromatic heterocycles. The van der Waals surface area contributed by atoms with Gasteiger partial charge in [-0.1, -0.05) is 37.3 Å². The minimum Gasteiger partial charge on any atom is -0.459 e. The Hall–Kier alpha value is -2.55. The predicted molar refractivity (Wildman–Crippen MR) is 132 cm³/mol. The lowest BCUT2D eigenvalue weighted by atomic mass is 10.1. The van der Waals surface area contributed by atoms with Crippen molar-refractivity contribution in [3.8, 4) is 0 Å². The number of furan rings is 1. The number of carbonyl (C=O) groups is 1. The van der Waals surface area contributed by atoms with Gasteiger partial charge in [-0.3, -0.25) is 9.79 Å². The molecule has 7 heteroatoms. The second kappa shape index (κ2) is 11.6. The molecule has 1 heterocycles. The molecular formula is C23H29IN4O2. The van der Waals surface area contributed by atoms with Crippen LogP contribution in [-0.4, -0.2) is 25.5 Å². The summed E-state index contributed by atoms with van der Waals surface area (Å²) in [5, 5.41) is 10.6. The number of nitrogens with zero attached hydrogens (tertiary/aromatic N) is 1. The van der Waals surface area contributed by atoms with Crippen LogP contribution in [0.15, 0.2) is 57.9 Å². The SMILES string of the molecule is CCCNC(=O)c1cccc(CNC(=NC)NCc2oc3ccccc3c2C)c1.I. The highest BCUT2D eigenvalue weighted by Gasteiger charge is 2.10. The van der Waals surface area contributed by atoms with Crippen LogP contribution in [0.4, 0.5) is 0 Å². The lowest BCUT2D eigenvalue weighted by molar-refractivity contribution is 0.0953. The standard InChI is InChI=1S/C23H28N4O2.HI/c1-4-12-25-22(28)18-9-7-8-17(13-18)14-26-23(24-3)27-15-21-16(2)19-10-5-6-11-20(19)29-21;/h5-11,13H,4,12,14-15H2,1-3H3,(H,25,28)(H2,24,26,27);1H. The second-order valence-corrected chi connectivity index (χ2v) is 6.88. The van der Waals surface area contributed by atoms with Gasteiger partial charge in [-0.15, -0.1) is 24.0 Å². The van der Waals surface area contributed by atoms with E-state index < -0.39 is 0 Å². The van der Waals surface area contributed by atoms with Gasteiger partial charge in [0.2, 0.25) is 0 Å². The number of fused-ring (bicyclic) bond motifs is 1. The van der Waals surface area contributed by atoms with Gasteiger partial charge in [0.25, 0.3) is 5.91 Å². The summed E-state index contributed by atoms with van der Waals surface area (Å²) in [5.74, 6) is 1.52. The monoisotopic (exact) mass is 520 g/mol. The first kappa shape index (κ1) is 23.7. The van der Waals surface area contributed by atoms with E-state index in [-0.39, 0.29) is 29.9 Å². The normalized spacial score (nSPS) is 11.1. The van der Waals surface area contributed by atoms with E-state index in [4.69, 9.17) is 4.42 Å². The van der Waals surface area contributed by atoms with Crippen molar-refractivity contribution in [2.75, 3.05) is 13.6 Å². The molecule has 2 aromatic carbocycles. The molecule has 0 atom stereocenters. The maximum atomic E-state index is 12.1. The van der Waals surface area contributed by atoms with E-state index in [1.165, 1.54) is 0 Å². The molecule has 0 spiro atoms. The number of aryl methyl sites for hydroxylation is 1. The fourth-order valence-corrected chi connectivity index (χ4v) is 3.13. The Bertz CT molecular complexity index is 1010. The molecule has 3 aromatic rings. The Morgan fingerprint density at radius 1 is 1.03 bits per heavy atom. The van der Waals surface area contributed by atoms with Gasteiger partial charge in [0.1, 0.15) is 11.3 Å². The third kappa shape index (κ3) is 5.98. The van der Waals surface area contributed by atoms with Crippen LogP contribution in [-0.2, 0) is 13.1 Å². The summed E-state index contributed by atoms with van der Waals surface area (Å²) in [5.41, 5.74) is 3.70. The van der Waals surface area contributed by atoms with Gasteiger partial charge in [-0.25, -0.2) is 0 Å². The number of halogens is 1. The maximum absolute atomic E-state index is 12.1. The molecule has 30 heavy (non-hydrogen) atoms. The van der Waals surface area contributed by atoms with Gasteiger partial charge in [0.05, 0.1) is 6.54 Å². The lowest BCUT2D eigenvalue weighted by Crippen LogP contribution is -2.36. The van der Waals surface area contributed by atoms with Crippen molar-refractivity contribution in [2.45, 2.75) is 33.4 Å². The van der Waals surface area contributed by atoms with Crippen molar-refractivity contribution < 1.29 is 9.21 Å². The van der Waals surface area contributed by atoms with Gasteiger partial charge in [0.15, 0.2) is 5.96 Å². The molecule has 0 radical (unpaired) electrons. The quantitative estimate of drug-likeness (QED) is 0.246. The fraction of sp³-hybridized carbons (Fsp3) is 0.304. The van der Waals surface area contributed by atoms with Crippen LogP contribution in [0.1, 0.15) is 40.6 Å². The number of nitrogens with one attached hydrogen (secondary N) is 3. The number of benzene rings is 2. The van der Waals surface area contributed by atoms with E-state index in [0.29, 0.717) is 31.2 Å². The Morgan fingerprint density at radius 2 is 1.80 bits per heavy atom. The van der Waals surface area contributed by atoms with E-state index in [9.17, 15) is 4.79 Å². The van der Waals surface area contributed by atoms with Crippen molar-refractivity contribution in [1.29, 1.82) is 0 Å². The summed E-state index contributed by atoms with van der Waals surface area (Å²) in [7, 11) is 1.73. The molecule has 0 fully saturated rings. The summed E-state index contributed by atoms with van der Waals surface area (Å²) in [6.45, 7) is 5.88. The molecule has 0 unspecified atom stereocenters. The van der Waals surface area contributed by atoms with Crippen molar-refractivity contribution in [3.63, 3.8) is 0 Å². The number of carbonyl (C=O) groups excluding carboxylic acids is 1. The number of hydrogen-bond donors (Lipinski definition) is 3. The number of aliphatic imine (C=N–C) groups is 1. The van der Waals surface area contributed by atoms with Crippen molar-refractivity contribution >= 4 is 46.8 Å². The van der Waals surface area contributed by atoms with Crippen LogP contribution in [0.25, 0.3) is 11.0 Å². The number of guanidine groups is 1. The zero-order valence-corrected chi connectivity index (χ0v) is 19.9. The van der Waals surface area contributed by atoms with E-state index in [1.54, 1.807) is 7.05 Å². The molecule has 1 amide bonds.